The molecule has 0 unspecified atom stereocenters. The van der Waals surface area contributed by atoms with Crippen LogP contribution in [0.3, 0.4) is 0 Å². The van der Waals surface area contributed by atoms with E-state index in [-0.39, 0.29) is 6.04 Å². The average molecular weight is 503 g/mol. The number of hydrogen-bond acceptors (Lipinski definition) is 7. The monoisotopic (exact) mass is 502 g/mol. The zero-order valence-electron chi connectivity index (χ0n) is 21.1. The van der Waals surface area contributed by atoms with Gasteiger partial charge in [0, 0.05) is 36.8 Å². The molecule has 3 N–H and O–H groups in total. The molecule has 0 aliphatic carbocycles. The molecule has 188 valence electrons. The number of aliphatic imine (C=N–C) groups is 2. The van der Waals surface area contributed by atoms with E-state index in [0.29, 0.717) is 17.1 Å². The summed E-state index contributed by atoms with van der Waals surface area (Å²) in [5.41, 5.74) is 12.8. The van der Waals surface area contributed by atoms with Gasteiger partial charge in [-0.2, -0.15) is 0 Å². The lowest BCUT2D eigenvalue weighted by Gasteiger charge is -2.38. The Bertz CT molecular complexity index is 1700. The van der Waals surface area contributed by atoms with Crippen LogP contribution in [0.15, 0.2) is 77.4 Å². The van der Waals surface area contributed by atoms with Crippen LogP contribution in [0.2, 0.25) is 0 Å². The maximum Gasteiger partial charge on any atom is 0.150 e. The van der Waals surface area contributed by atoms with E-state index in [2.05, 4.69) is 32.3 Å². The van der Waals surface area contributed by atoms with Gasteiger partial charge in [0.05, 0.1) is 29.7 Å². The number of pyridine rings is 2. The topological polar surface area (TPSA) is 118 Å². The van der Waals surface area contributed by atoms with Crippen molar-refractivity contribution in [2.24, 2.45) is 15.7 Å². The fourth-order valence-corrected chi connectivity index (χ4v) is 4.58. The molecule has 0 atom stereocenters. The summed E-state index contributed by atoms with van der Waals surface area (Å²) in [7, 11) is 1.65. The Kier molecular flexibility index (Phi) is 5.92. The Hall–Kier alpha value is -4.85. The number of methoxy groups -OCH3 is 1. The Balaban J connectivity index is 1.36. The quantitative estimate of drug-likeness (QED) is 0.263. The Morgan fingerprint density at radius 3 is 2.84 bits per heavy atom. The first-order valence-corrected chi connectivity index (χ1v) is 12.3. The third kappa shape index (κ3) is 4.10. The number of likely N-dealkylation sites (tertiary alicyclic amines) is 1. The highest BCUT2D eigenvalue weighted by Gasteiger charge is 2.26. The zero-order valence-corrected chi connectivity index (χ0v) is 21.1. The lowest BCUT2D eigenvalue weighted by molar-refractivity contribution is 0.256. The first-order valence-electron chi connectivity index (χ1n) is 12.3. The number of ether oxygens (including phenoxy) is 1. The van der Waals surface area contributed by atoms with Gasteiger partial charge in [-0.05, 0) is 43.3 Å². The number of rotatable bonds is 6. The smallest absolute Gasteiger partial charge is 0.150 e. The normalized spacial score (nSPS) is 15.4. The summed E-state index contributed by atoms with van der Waals surface area (Å²) in [6, 6.07) is 13.7. The summed E-state index contributed by atoms with van der Waals surface area (Å²) in [4.78, 5) is 29.2. The van der Waals surface area contributed by atoms with Crippen LogP contribution >= 0.6 is 0 Å². The fourth-order valence-electron chi connectivity index (χ4n) is 4.58. The molecule has 4 aromatic rings. The van der Waals surface area contributed by atoms with Crippen LogP contribution in [-0.4, -0.2) is 62.8 Å². The van der Waals surface area contributed by atoms with Crippen LogP contribution in [-0.2, 0) is 0 Å². The summed E-state index contributed by atoms with van der Waals surface area (Å²) < 4.78 is 5.39. The molecule has 5 heterocycles. The van der Waals surface area contributed by atoms with Crippen LogP contribution in [0.25, 0.3) is 33.6 Å². The Labute approximate surface area is 219 Å². The van der Waals surface area contributed by atoms with E-state index in [4.69, 9.17) is 25.4 Å². The average Bonchev–Trinajstić information content (AvgIpc) is 3.56. The van der Waals surface area contributed by atoms with Gasteiger partial charge >= 0.3 is 0 Å². The van der Waals surface area contributed by atoms with Gasteiger partial charge in [0.25, 0.3) is 0 Å². The van der Waals surface area contributed by atoms with Gasteiger partial charge in [0.1, 0.15) is 39.9 Å². The second kappa shape index (κ2) is 9.55. The third-order valence-electron chi connectivity index (χ3n) is 6.57. The second-order valence-corrected chi connectivity index (χ2v) is 9.05. The number of aromatic nitrogens is 4. The molecule has 3 aromatic heterocycles. The molecule has 0 spiro atoms. The number of hydrogen-bond donors (Lipinski definition) is 2. The van der Waals surface area contributed by atoms with Crippen LogP contribution < -0.4 is 10.5 Å². The molecule has 9 heteroatoms. The molecule has 1 fully saturated rings. The van der Waals surface area contributed by atoms with Crippen molar-refractivity contribution in [3.8, 4) is 17.0 Å². The van der Waals surface area contributed by atoms with E-state index in [1.165, 1.54) is 0 Å². The predicted octanol–water partition coefficient (Wildman–Crippen LogP) is 4.36. The Morgan fingerprint density at radius 1 is 1.21 bits per heavy atom. The van der Waals surface area contributed by atoms with Gasteiger partial charge in [-0.25, -0.2) is 20.0 Å². The number of benzene rings is 1. The van der Waals surface area contributed by atoms with Gasteiger partial charge in [-0.15, -0.1) is 0 Å². The molecular formula is C29H26N8O. The lowest BCUT2D eigenvalue weighted by atomic mass is 10.1. The number of nitrogens with zero attached hydrogens (tertiary/aromatic N) is 6. The molecule has 38 heavy (non-hydrogen) atoms. The minimum atomic E-state index is 0.167. The highest BCUT2D eigenvalue weighted by Crippen LogP contribution is 2.35. The number of amidine groups is 1. The largest absolute Gasteiger partial charge is 0.497 e. The predicted molar refractivity (Wildman–Crippen MR) is 151 cm³/mol. The number of aromatic amines is 1. The molecule has 1 aromatic carbocycles. The van der Waals surface area contributed by atoms with Gasteiger partial charge in [-0.1, -0.05) is 24.8 Å². The van der Waals surface area contributed by atoms with Crippen molar-refractivity contribution in [3.05, 3.63) is 84.6 Å². The fraction of sp³-hybridized carbons (Fsp3) is 0.172. The first kappa shape index (κ1) is 23.5. The minimum absolute atomic E-state index is 0.167. The minimum Gasteiger partial charge on any atom is -0.497 e. The summed E-state index contributed by atoms with van der Waals surface area (Å²) >= 11 is 0. The third-order valence-corrected chi connectivity index (χ3v) is 6.57. The van der Waals surface area contributed by atoms with E-state index in [1.54, 1.807) is 19.4 Å². The van der Waals surface area contributed by atoms with Crippen molar-refractivity contribution in [1.29, 1.82) is 0 Å². The van der Waals surface area contributed by atoms with E-state index < -0.39 is 0 Å². The van der Waals surface area contributed by atoms with Crippen molar-refractivity contribution in [3.63, 3.8) is 0 Å². The molecule has 0 bridgehead atoms. The van der Waals surface area contributed by atoms with Crippen molar-refractivity contribution in [2.45, 2.75) is 13.0 Å². The number of nitrogens with two attached hydrogens (primary N) is 1. The molecule has 6 rings (SSSR count). The molecule has 0 radical (unpaired) electrons. The number of allylic oxidation sites excluding steroid dienone is 1. The van der Waals surface area contributed by atoms with E-state index in [1.807, 2.05) is 55.5 Å². The molecular weight excluding hydrogens is 476 g/mol. The van der Waals surface area contributed by atoms with Crippen LogP contribution in [0.1, 0.15) is 24.1 Å². The molecule has 1 saturated heterocycles. The number of fused-ring (bicyclic) bond motifs is 2. The summed E-state index contributed by atoms with van der Waals surface area (Å²) in [5.74, 6) is 5.27. The van der Waals surface area contributed by atoms with Gasteiger partial charge < -0.3 is 20.4 Å². The van der Waals surface area contributed by atoms with Crippen LogP contribution in [0.5, 0.6) is 5.75 Å². The SMILES string of the molecule is C=C/C(=N\C(=C/C)c1ccc2c(n1)C(c1nc3c(-c4cccc(OC)c4)nccc3[nH]1)=C=N2)N1CC(N)C1. The second-order valence-electron chi connectivity index (χ2n) is 9.05. The van der Waals surface area contributed by atoms with Crippen molar-refractivity contribution >= 4 is 39.7 Å². The zero-order chi connectivity index (χ0) is 26.2. The lowest BCUT2D eigenvalue weighted by Crippen LogP contribution is -2.57. The van der Waals surface area contributed by atoms with Crippen LogP contribution in [0.4, 0.5) is 5.69 Å². The van der Waals surface area contributed by atoms with Gasteiger partial charge in [0.2, 0.25) is 0 Å². The molecule has 2 aliphatic rings. The maximum absolute atomic E-state index is 5.95. The number of imidazole rings is 1. The Morgan fingerprint density at radius 2 is 2.08 bits per heavy atom. The van der Waals surface area contributed by atoms with E-state index in [9.17, 15) is 0 Å². The van der Waals surface area contributed by atoms with Crippen molar-refractivity contribution in [2.75, 3.05) is 20.2 Å². The summed E-state index contributed by atoms with van der Waals surface area (Å²) in [6.45, 7) is 7.39. The van der Waals surface area contributed by atoms with Gasteiger partial charge in [-0.3, -0.25) is 4.98 Å². The maximum atomic E-state index is 5.95. The molecule has 9 nitrogen and oxygen atoms in total. The van der Waals surface area contributed by atoms with Crippen LogP contribution in [0, 0.1) is 0 Å². The molecule has 0 saturated carbocycles. The molecule has 2 aliphatic heterocycles. The number of nitrogens with one attached hydrogen (secondary N) is 1. The van der Waals surface area contributed by atoms with Crippen molar-refractivity contribution < 1.29 is 4.74 Å². The molecule has 0 amide bonds. The first-order chi connectivity index (χ1) is 18.6. The van der Waals surface area contributed by atoms with E-state index in [0.717, 1.165) is 64.0 Å². The summed E-state index contributed by atoms with van der Waals surface area (Å²) in [6.07, 6.45) is 5.45. The highest BCUT2D eigenvalue weighted by molar-refractivity contribution is 6.05. The number of H-pyrrole nitrogens is 1. The van der Waals surface area contributed by atoms with Gasteiger partial charge in [0.15, 0.2) is 0 Å². The van der Waals surface area contributed by atoms with E-state index >= 15 is 0 Å². The van der Waals surface area contributed by atoms with Crippen molar-refractivity contribution in [1.82, 2.24) is 24.8 Å². The summed E-state index contributed by atoms with van der Waals surface area (Å²) in [5, 5.41) is 0. The standard InChI is InChI=1S/C29H26N8O/c1-4-21(33-25(5-2)37-15-18(30)16-37)22-9-10-23-27(34-22)20(14-32-23)29-35-24-11-12-31-26(28(24)36-29)17-7-6-8-19(13-17)38-3/h4-13,18H,2,15-16,30H2,1,3H3,(H,35,36)/b21-4-,33-25+. The highest BCUT2D eigenvalue weighted by atomic mass is 16.5.